The Hall–Kier alpha value is -3.07. The van der Waals surface area contributed by atoms with Crippen molar-refractivity contribution in [1.29, 1.82) is 0 Å². The van der Waals surface area contributed by atoms with Crippen molar-refractivity contribution in [2.24, 2.45) is 0 Å². The summed E-state index contributed by atoms with van der Waals surface area (Å²) in [5.74, 6) is 0.381. The number of phenolic OH excluding ortho intramolecular Hbond substituents is 1. The highest BCUT2D eigenvalue weighted by Gasteiger charge is 2.07. The minimum atomic E-state index is -0.0721. The average Bonchev–Trinajstić information content (AvgIpc) is 2.59. The first-order chi connectivity index (χ1) is 11.2. The highest BCUT2D eigenvalue weighted by molar-refractivity contribution is 6.14. The normalized spacial score (nSPS) is 11.0. The van der Waals surface area contributed by atoms with E-state index in [1.807, 2.05) is 42.5 Å². The van der Waals surface area contributed by atoms with Crippen molar-refractivity contribution < 1.29 is 14.6 Å². The second-order valence-corrected chi connectivity index (χ2v) is 5.16. The molecule has 0 fully saturated rings. The van der Waals surface area contributed by atoms with Gasteiger partial charge in [0.2, 0.25) is 0 Å². The number of benzene rings is 3. The second-order valence-electron chi connectivity index (χ2n) is 5.16. The van der Waals surface area contributed by atoms with Gasteiger partial charge in [-0.3, -0.25) is 4.79 Å². The number of allylic oxidation sites excluding steroid dienone is 1. The van der Waals surface area contributed by atoms with Gasteiger partial charge in [0.15, 0.2) is 17.3 Å². The van der Waals surface area contributed by atoms with Crippen LogP contribution in [0.3, 0.4) is 0 Å². The van der Waals surface area contributed by atoms with E-state index < -0.39 is 0 Å². The van der Waals surface area contributed by atoms with Crippen LogP contribution in [0.2, 0.25) is 0 Å². The summed E-state index contributed by atoms with van der Waals surface area (Å²) >= 11 is 0. The van der Waals surface area contributed by atoms with Gasteiger partial charge in [0, 0.05) is 5.56 Å². The molecule has 3 aromatic carbocycles. The number of hydrogen-bond acceptors (Lipinski definition) is 3. The Morgan fingerprint density at radius 1 is 1.04 bits per heavy atom. The van der Waals surface area contributed by atoms with Crippen LogP contribution in [0.4, 0.5) is 0 Å². The van der Waals surface area contributed by atoms with E-state index in [2.05, 4.69) is 0 Å². The molecule has 0 aliphatic carbocycles. The van der Waals surface area contributed by atoms with E-state index in [4.69, 9.17) is 4.74 Å². The molecular formula is C20H16O3. The lowest BCUT2D eigenvalue weighted by atomic mass is 10.0. The molecule has 0 aliphatic heterocycles. The second kappa shape index (κ2) is 6.36. The van der Waals surface area contributed by atoms with Crippen molar-refractivity contribution in [2.75, 3.05) is 7.11 Å². The third-order valence-corrected chi connectivity index (χ3v) is 3.69. The van der Waals surface area contributed by atoms with Crippen molar-refractivity contribution in [1.82, 2.24) is 0 Å². The predicted molar refractivity (Wildman–Crippen MR) is 92.0 cm³/mol. The van der Waals surface area contributed by atoms with E-state index in [0.29, 0.717) is 11.3 Å². The lowest BCUT2D eigenvalue weighted by Crippen LogP contribution is -1.95. The Morgan fingerprint density at radius 2 is 1.83 bits per heavy atom. The Balaban J connectivity index is 1.90. The minimum absolute atomic E-state index is 0.0484. The third-order valence-electron chi connectivity index (χ3n) is 3.69. The molecule has 0 bridgehead atoms. The van der Waals surface area contributed by atoms with Crippen LogP contribution in [-0.2, 0) is 0 Å². The zero-order chi connectivity index (χ0) is 16.2. The van der Waals surface area contributed by atoms with E-state index in [9.17, 15) is 9.90 Å². The van der Waals surface area contributed by atoms with Crippen molar-refractivity contribution in [3.63, 3.8) is 0 Å². The maximum Gasteiger partial charge on any atom is 0.186 e. The van der Waals surface area contributed by atoms with Crippen molar-refractivity contribution in [3.8, 4) is 11.5 Å². The molecule has 1 N–H and O–H groups in total. The number of methoxy groups -OCH3 is 1. The lowest BCUT2D eigenvalue weighted by Gasteiger charge is -2.04. The number of fused-ring (bicyclic) bond motifs is 1. The van der Waals surface area contributed by atoms with E-state index in [1.54, 1.807) is 24.3 Å². The maximum atomic E-state index is 12.5. The van der Waals surface area contributed by atoms with Gasteiger partial charge < -0.3 is 9.84 Å². The number of ether oxygens (including phenoxy) is 1. The average molecular weight is 304 g/mol. The maximum absolute atomic E-state index is 12.5. The van der Waals surface area contributed by atoms with Crippen LogP contribution in [0.5, 0.6) is 11.5 Å². The number of rotatable bonds is 4. The summed E-state index contributed by atoms with van der Waals surface area (Å²) in [4.78, 5) is 12.5. The highest BCUT2D eigenvalue weighted by Crippen LogP contribution is 2.27. The van der Waals surface area contributed by atoms with Gasteiger partial charge >= 0.3 is 0 Å². The molecule has 0 saturated carbocycles. The SMILES string of the molecule is COc1ccc(/C=C/C(=O)c2cccc3ccccc23)cc1O. The van der Waals surface area contributed by atoms with Crippen molar-refractivity contribution in [2.45, 2.75) is 0 Å². The molecule has 0 heterocycles. The summed E-state index contributed by atoms with van der Waals surface area (Å²) in [7, 11) is 1.49. The van der Waals surface area contributed by atoms with Gasteiger partial charge in [-0.2, -0.15) is 0 Å². The first-order valence-electron chi connectivity index (χ1n) is 7.26. The number of aromatic hydroxyl groups is 1. The van der Waals surface area contributed by atoms with Gasteiger partial charge in [-0.1, -0.05) is 54.6 Å². The van der Waals surface area contributed by atoms with Gasteiger partial charge in [0.05, 0.1) is 7.11 Å². The zero-order valence-electron chi connectivity index (χ0n) is 12.7. The Morgan fingerprint density at radius 3 is 2.61 bits per heavy atom. The fourth-order valence-electron chi connectivity index (χ4n) is 2.51. The number of carbonyl (C=O) groups excluding carboxylic acids is 1. The van der Waals surface area contributed by atoms with Crippen LogP contribution in [0.25, 0.3) is 16.8 Å². The minimum Gasteiger partial charge on any atom is -0.504 e. The molecule has 23 heavy (non-hydrogen) atoms. The fourth-order valence-corrected chi connectivity index (χ4v) is 2.51. The molecule has 0 amide bonds. The summed E-state index contributed by atoms with van der Waals surface area (Å²) in [6.45, 7) is 0. The largest absolute Gasteiger partial charge is 0.504 e. The van der Waals surface area contributed by atoms with E-state index >= 15 is 0 Å². The summed E-state index contributed by atoms with van der Waals surface area (Å²) in [5, 5.41) is 11.7. The number of phenols is 1. The first kappa shape index (κ1) is 14.9. The van der Waals surface area contributed by atoms with Crippen molar-refractivity contribution in [3.05, 3.63) is 77.9 Å². The molecule has 0 radical (unpaired) electrons. The monoisotopic (exact) mass is 304 g/mol. The van der Waals surface area contributed by atoms with Crippen LogP contribution in [0, 0.1) is 0 Å². The van der Waals surface area contributed by atoms with Crippen LogP contribution in [-0.4, -0.2) is 18.0 Å². The number of hydrogen-bond donors (Lipinski definition) is 1. The summed E-state index contributed by atoms with van der Waals surface area (Å²) in [6.07, 6.45) is 3.20. The first-order valence-corrected chi connectivity index (χ1v) is 7.26. The van der Waals surface area contributed by atoms with E-state index in [-0.39, 0.29) is 11.5 Å². The molecule has 114 valence electrons. The van der Waals surface area contributed by atoms with Crippen LogP contribution >= 0.6 is 0 Å². The zero-order valence-corrected chi connectivity index (χ0v) is 12.7. The van der Waals surface area contributed by atoms with Crippen molar-refractivity contribution >= 4 is 22.6 Å². The molecule has 0 atom stereocenters. The fraction of sp³-hybridized carbons (Fsp3) is 0.0500. The molecule has 3 aromatic rings. The summed E-state index contributed by atoms with van der Waals surface area (Å²) in [5.41, 5.74) is 1.40. The van der Waals surface area contributed by atoms with Gasteiger partial charge in [-0.05, 0) is 34.5 Å². The van der Waals surface area contributed by atoms with Crippen LogP contribution < -0.4 is 4.74 Å². The smallest absolute Gasteiger partial charge is 0.186 e. The van der Waals surface area contributed by atoms with Crippen LogP contribution in [0.15, 0.2) is 66.7 Å². The lowest BCUT2D eigenvalue weighted by molar-refractivity contribution is 0.104. The summed E-state index contributed by atoms with van der Waals surface area (Å²) in [6, 6.07) is 18.5. The molecule has 0 spiro atoms. The molecule has 3 rings (SSSR count). The Bertz CT molecular complexity index is 889. The topological polar surface area (TPSA) is 46.5 Å². The van der Waals surface area contributed by atoms with Gasteiger partial charge in [-0.15, -0.1) is 0 Å². The molecule has 3 heteroatoms. The molecule has 0 unspecified atom stereocenters. The Kier molecular flexibility index (Phi) is 4.11. The standard InChI is InChI=1S/C20H16O3/c1-23-20-12-10-14(13-19(20)22)9-11-18(21)17-8-4-6-15-5-2-3-7-16(15)17/h2-13,22H,1H3/b11-9+. The van der Waals surface area contributed by atoms with Crippen LogP contribution in [0.1, 0.15) is 15.9 Å². The predicted octanol–water partition coefficient (Wildman–Crippen LogP) is 4.45. The van der Waals surface area contributed by atoms with Gasteiger partial charge in [0.1, 0.15) is 0 Å². The van der Waals surface area contributed by atoms with Gasteiger partial charge in [0.25, 0.3) is 0 Å². The molecule has 0 aliphatic rings. The third kappa shape index (κ3) is 3.09. The van der Waals surface area contributed by atoms with Gasteiger partial charge in [-0.25, -0.2) is 0 Å². The number of ketones is 1. The molecule has 3 nitrogen and oxygen atoms in total. The van der Waals surface area contributed by atoms with E-state index in [1.165, 1.54) is 13.2 Å². The molecule has 0 saturated heterocycles. The molecule has 0 aromatic heterocycles. The highest BCUT2D eigenvalue weighted by atomic mass is 16.5. The quantitative estimate of drug-likeness (QED) is 0.572. The Labute approximate surface area is 134 Å². The number of carbonyl (C=O) groups is 1. The molecular weight excluding hydrogens is 288 g/mol. The van der Waals surface area contributed by atoms with E-state index in [0.717, 1.165) is 16.3 Å². The summed E-state index contributed by atoms with van der Waals surface area (Å²) < 4.78 is 5.00.